The Balaban J connectivity index is 1.46. The number of nitrogens with zero attached hydrogens (tertiary/aromatic N) is 2. The molecule has 1 aliphatic carbocycles. The number of amides is 3. The van der Waals surface area contributed by atoms with Crippen molar-refractivity contribution in [2.45, 2.75) is 25.3 Å². The highest BCUT2D eigenvalue weighted by molar-refractivity contribution is 7.18. The van der Waals surface area contributed by atoms with Crippen LogP contribution in [0.15, 0.2) is 36.4 Å². The first-order valence-electron chi connectivity index (χ1n) is 11.6. The van der Waals surface area contributed by atoms with E-state index in [1.165, 1.54) is 4.90 Å². The van der Waals surface area contributed by atoms with Crippen LogP contribution in [0.5, 0.6) is 0 Å². The standard InChI is InChI=1S/C24H27ClF2N4O4S/c25-20-8-7-19(36-20)24(34)28-11-18(30(13-21(26)27)12-15-1-2-15)23(33)29-16-3-5-17(6-4-16)31-9-10-35-14-22(31)32/h3-8,15,18,21H,1-2,9-14H2,(H,28,34)(H,29,33)/t18-/m0/s1. The Bertz CT molecular complexity index is 1080. The minimum absolute atomic E-state index is 0.0184. The van der Waals surface area contributed by atoms with Gasteiger partial charge in [0.15, 0.2) is 0 Å². The second-order valence-corrected chi connectivity index (χ2v) is 10.5. The van der Waals surface area contributed by atoms with Crippen LogP contribution in [0.3, 0.4) is 0 Å². The fourth-order valence-corrected chi connectivity index (χ4v) is 4.94. The second-order valence-electron chi connectivity index (χ2n) is 8.75. The molecule has 2 aromatic rings. The quantitative estimate of drug-likeness (QED) is 0.455. The number of halogens is 3. The van der Waals surface area contributed by atoms with Gasteiger partial charge in [0.05, 0.1) is 22.4 Å². The van der Waals surface area contributed by atoms with Crippen molar-refractivity contribution < 1.29 is 27.9 Å². The molecule has 2 aliphatic rings. The number of thiophene rings is 1. The third kappa shape index (κ3) is 7.22. The number of morpholine rings is 1. The molecule has 1 aliphatic heterocycles. The van der Waals surface area contributed by atoms with E-state index in [2.05, 4.69) is 10.6 Å². The highest BCUT2D eigenvalue weighted by Crippen LogP contribution is 2.31. The molecular weight excluding hydrogens is 514 g/mol. The van der Waals surface area contributed by atoms with Gasteiger partial charge in [-0.05, 0) is 55.2 Å². The minimum Gasteiger partial charge on any atom is -0.370 e. The third-order valence-corrected chi connectivity index (χ3v) is 7.22. The summed E-state index contributed by atoms with van der Waals surface area (Å²) in [5.74, 6) is -0.816. The molecule has 194 valence electrons. The molecule has 2 fully saturated rings. The Hall–Kier alpha value is -2.60. The van der Waals surface area contributed by atoms with Crippen molar-refractivity contribution in [2.75, 3.05) is 49.6 Å². The summed E-state index contributed by atoms with van der Waals surface area (Å²) in [6, 6.07) is 8.87. The van der Waals surface area contributed by atoms with E-state index in [4.69, 9.17) is 16.3 Å². The van der Waals surface area contributed by atoms with Crippen LogP contribution in [-0.2, 0) is 14.3 Å². The van der Waals surface area contributed by atoms with Crippen LogP contribution < -0.4 is 15.5 Å². The van der Waals surface area contributed by atoms with Gasteiger partial charge in [0, 0.05) is 31.0 Å². The number of carbonyl (C=O) groups is 3. The lowest BCUT2D eigenvalue weighted by atomic mass is 10.1. The van der Waals surface area contributed by atoms with Gasteiger partial charge in [-0.2, -0.15) is 0 Å². The predicted molar refractivity (Wildman–Crippen MR) is 134 cm³/mol. The lowest BCUT2D eigenvalue weighted by Gasteiger charge is -2.31. The molecule has 2 heterocycles. The van der Waals surface area contributed by atoms with Crippen LogP contribution in [0, 0.1) is 5.92 Å². The molecule has 0 bridgehead atoms. The van der Waals surface area contributed by atoms with E-state index in [0.717, 1.165) is 24.2 Å². The van der Waals surface area contributed by atoms with E-state index in [0.29, 0.717) is 40.3 Å². The first-order valence-corrected chi connectivity index (χ1v) is 12.8. The summed E-state index contributed by atoms with van der Waals surface area (Å²) in [6.45, 7) is 0.529. The van der Waals surface area contributed by atoms with Gasteiger partial charge in [-0.25, -0.2) is 8.78 Å². The molecule has 0 spiro atoms. The molecule has 0 unspecified atom stereocenters. The Labute approximate surface area is 216 Å². The zero-order valence-electron chi connectivity index (χ0n) is 19.4. The predicted octanol–water partition coefficient (Wildman–Crippen LogP) is 3.48. The number of rotatable bonds is 11. The summed E-state index contributed by atoms with van der Waals surface area (Å²) in [7, 11) is 0. The van der Waals surface area contributed by atoms with Gasteiger partial charge in [-0.1, -0.05) is 11.6 Å². The topological polar surface area (TPSA) is 91.0 Å². The number of hydrogen-bond acceptors (Lipinski definition) is 6. The van der Waals surface area contributed by atoms with Gasteiger partial charge in [-0.3, -0.25) is 19.3 Å². The molecule has 12 heteroatoms. The fourth-order valence-electron chi connectivity index (χ4n) is 3.98. The lowest BCUT2D eigenvalue weighted by molar-refractivity contribution is -0.125. The van der Waals surface area contributed by atoms with Gasteiger partial charge in [0.25, 0.3) is 18.2 Å². The summed E-state index contributed by atoms with van der Waals surface area (Å²) in [6.07, 6.45) is -0.776. The monoisotopic (exact) mass is 540 g/mol. The molecule has 1 aromatic heterocycles. The van der Waals surface area contributed by atoms with Crippen molar-refractivity contribution >= 4 is 52.0 Å². The minimum atomic E-state index is -2.63. The summed E-state index contributed by atoms with van der Waals surface area (Å²) in [5.41, 5.74) is 1.13. The lowest BCUT2D eigenvalue weighted by Crippen LogP contribution is -2.52. The maximum atomic E-state index is 13.4. The zero-order valence-corrected chi connectivity index (χ0v) is 21.0. The molecule has 1 aromatic carbocycles. The molecule has 1 atom stereocenters. The van der Waals surface area contributed by atoms with Crippen LogP contribution in [0.1, 0.15) is 22.5 Å². The van der Waals surface area contributed by atoms with Crippen molar-refractivity contribution in [1.29, 1.82) is 0 Å². The average molecular weight is 541 g/mol. The van der Waals surface area contributed by atoms with Crippen molar-refractivity contribution in [2.24, 2.45) is 5.92 Å². The van der Waals surface area contributed by atoms with Gasteiger partial charge in [-0.15, -0.1) is 11.3 Å². The number of ether oxygens (including phenoxy) is 1. The Morgan fingerprint density at radius 3 is 2.56 bits per heavy atom. The number of carbonyl (C=O) groups excluding carboxylic acids is 3. The molecule has 4 rings (SSSR count). The summed E-state index contributed by atoms with van der Waals surface area (Å²) >= 11 is 7.00. The Morgan fingerprint density at radius 1 is 1.19 bits per heavy atom. The first kappa shape index (κ1) is 26.5. The number of anilines is 2. The van der Waals surface area contributed by atoms with Gasteiger partial charge in [0.1, 0.15) is 12.6 Å². The summed E-state index contributed by atoms with van der Waals surface area (Å²) in [4.78, 5) is 41.3. The van der Waals surface area contributed by atoms with E-state index in [-0.39, 0.29) is 25.0 Å². The van der Waals surface area contributed by atoms with Crippen molar-refractivity contribution in [3.63, 3.8) is 0 Å². The first-order chi connectivity index (χ1) is 17.3. The fraction of sp³-hybridized carbons (Fsp3) is 0.458. The van der Waals surface area contributed by atoms with Gasteiger partial charge < -0.3 is 20.3 Å². The maximum Gasteiger partial charge on any atom is 0.261 e. The molecule has 3 amide bonds. The second kappa shape index (κ2) is 12.1. The number of alkyl halides is 2. The van der Waals surface area contributed by atoms with Crippen molar-refractivity contribution in [1.82, 2.24) is 10.2 Å². The van der Waals surface area contributed by atoms with Gasteiger partial charge in [0.2, 0.25) is 5.91 Å². The molecule has 0 radical (unpaired) electrons. The van der Waals surface area contributed by atoms with Crippen LogP contribution in [-0.4, -0.2) is 74.5 Å². The van der Waals surface area contributed by atoms with Crippen LogP contribution >= 0.6 is 22.9 Å². The maximum absolute atomic E-state index is 13.4. The van der Waals surface area contributed by atoms with E-state index in [1.807, 2.05) is 0 Å². The van der Waals surface area contributed by atoms with Crippen LogP contribution in [0.25, 0.3) is 0 Å². The van der Waals surface area contributed by atoms with Crippen LogP contribution in [0.4, 0.5) is 20.2 Å². The largest absolute Gasteiger partial charge is 0.370 e. The normalized spacial score (nSPS) is 16.9. The molecular formula is C24H27ClF2N4O4S. The van der Waals surface area contributed by atoms with E-state index in [9.17, 15) is 23.2 Å². The number of hydrogen-bond donors (Lipinski definition) is 2. The van der Waals surface area contributed by atoms with Crippen molar-refractivity contribution in [3.8, 4) is 0 Å². The van der Waals surface area contributed by atoms with E-state index >= 15 is 0 Å². The average Bonchev–Trinajstić information content (AvgIpc) is 3.55. The summed E-state index contributed by atoms with van der Waals surface area (Å²) in [5, 5.41) is 5.47. The Kier molecular flexibility index (Phi) is 8.89. The number of benzene rings is 1. The molecule has 2 N–H and O–H groups in total. The molecule has 36 heavy (non-hydrogen) atoms. The van der Waals surface area contributed by atoms with E-state index in [1.54, 1.807) is 41.3 Å². The highest BCUT2D eigenvalue weighted by atomic mass is 35.5. The molecule has 1 saturated carbocycles. The SMILES string of the molecule is O=C(NC[C@@H](C(=O)Nc1ccc(N2CCOCC2=O)cc1)N(CC(F)F)CC1CC1)c1ccc(Cl)s1. The molecule has 8 nitrogen and oxygen atoms in total. The third-order valence-electron chi connectivity index (χ3n) is 5.99. The molecule has 1 saturated heterocycles. The summed E-state index contributed by atoms with van der Waals surface area (Å²) < 4.78 is 32.4. The smallest absolute Gasteiger partial charge is 0.261 e. The number of nitrogens with one attached hydrogen (secondary N) is 2. The Morgan fingerprint density at radius 2 is 1.94 bits per heavy atom. The van der Waals surface area contributed by atoms with Gasteiger partial charge >= 0.3 is 0 Å². The van der Waals surface area contributed by atoms with Crippen LogP contribution in [0.2, 0.25) is 4.34 Å². The highest BCUT2D eigenvalue weighted by Gasteiger charge is 2.34. The van der Waals surface area contributed by atoms with E-state index < -0.39 is 30.8 Å². The zero-order chi connectivity index (χ0) is 25.7. The van der Waals surface area contributed by atoms with Crippen molar-refractivity contribution in [3.05, 3.63) is 45.6 Å².